The zero-order valence-corrected chi connectivity index (χ0v) is 32.6. The highest BCUT2D eigenvalue weighted by Crippen LogP contribution is 2.47. The van der Waals surface area contributed by atoms with Crippen LogP contribution >= 0.6 is 22.7 Å². The molecule has 0 spiro atoms. The molecule has 0 fully saturated rings. The fourth-order valence-electron chi connectivity index (χ4n) is 8.34. The summed E-state index contributed by atoms with van der Waals surface area (Å²) in [7, 11) is 0. The molecule has 11 aromatic rings. The molecule has 1 nitrogen and oxygen atoms in total. The molecule has 0 aliphatic heterocycles. The molecule has 0 atom stereocenters. The summed E-state index contributed by atoms with van der Waals surface area (Å²) in [5, 5.41) is 5.20. The van der Waals surface area contributed by atoms with E-state index in [2.05, 4.69) is 217 Å². The van der Waals surface area contributed by atoms with Crippen LogP contribution in [0.3, 0.4) is 0 Å². The van der Waals surface area contributed by atoms with Crippen molar-refractivity contribution < 1.29 is 0 Å². The summed E-state index contributed by atoms with van der Waals surface area (Å²) in [5.41, 5.74) is 13.0. The second-order valence-electron chi connectivity index (χ2n) is 14.5. The first-order chi connectivity index (χ1) is 28.2. The summed E-state index contributed by atoms with van der Waals surface area (Å²) >= 11 is 3.74. The Labute approximate surface area is 340 Å². The third-order valence-corrected chi connectivity index (χ3v) is 13.4. The van der Waals surface area contributed by atoms with Crippen molar-refractivity contribution in [1.29, 1.82) is 0 Å². The molecule has 268 valence electrons. The van der Waals surface area contributed by atoms with Gasteiger partial charge in [0.05, 0.1) is 10.4 Å². The first-order valence-corrected chi connectivity index (χ1v) is 21.0. The van der Waals surface area contributed by atoms with E-state index in [1.54, 1.807) is 0 Å². The molecule has 0 N–H and O–H groups in total. The van der Waals surface area contributed by atoms with Crippen molar-refractivity contribution in [3.63, 3.8) is 0 Å². The highest BCUT2D eigenvalue weighted by molar-refractivity contribution is 7.26. The molecular formula is C54H35NS2. The highest BCUT2D eigenvalue weighted by Gasteiger charge is 2.21. The summed E-state index contributed by atoms with van der Waals surface area (Å²) in [6, 6.07) is 77.7. The lowest BCUT2D eigenvalue weighted by molar-refractivity contribution is 1.30. The van der Waals surface area contributed by atoms with Gasteiger partial charge < -0.3 is 4.90 Å². The fourth-order valence-corrected chi connectivity index (χ4v) is 10.7. The number of benzene rings is 9. The average molecular weight is 762 g/mol. The number of anilines is 3. The Hall–Kier alpha value is -6.78. The van der Waals surface area contributed by atoms with Crippen LogP contribution in [-0.2, 0) is 0 Å². The molecular weight excluding hydrogens is 727 g/mol. The fraction of sp³-hybridized carbons (Fsp3) is 0. The molecule has 0 unspecified atom stereocenters. The van der Waals surface area contributed by atoms with Gasteiger partial charge in [-0.25, -0.2) is 0 Å². The lowest BCUT2D eigenvalue weighted by Crippen LogP contribution is -2.10. The zero-order valence-electron chi connectivity index (χ0n) is 31.0. The topological polar surface area (TPSA) is 3.24 Å². The van der Waals surface area contributed by atoms with Gasteiger partial charge in [-0.1, -0.05) is 158 Å². The van der Waals surface area contributed by atoms with Crippen LogP contribution in [0.1, 0.15) is 0 Å². The van der Waals surface area contributed by atoms with Crippen LogP contribution in [0, 0.1) is 0 Å². The van der Waals surface area contributed by atoms with Crippen LogP contribution in [-0.4, -0.2) is 0 Å². The Kier molecular flexibility index (Phi) is 8.28. The number of thiophene rings is 2. The normalized spacial score (nSPS) is 11.5. The van der Waals surface area contributed by atoms with Gasteiger partial charge in [-0.2, -0.15) is 0 Å². The molecule has 0 amide bonds. The Bertz CT molecular complexity index is 3230. The quantitative estimate of drug-likeness (QED) is 0.156. The van der Waals surface area contributed by atoms with Gasteiger partial charge in [0, 0.05) is 47.0 Å². The minimum Gasteiger partial charge on any atom is -0.309 e. The third kappa shape index (κ3) is 6.00. The van der Waals surface area contributed by atoms with E-state index in [1.165, 1.54) is 90.5 Å². The maximum absolute atomic E-state index is 2.47. The lowest BCUT2D eigenvalue weighted by atomic mass is 9.94. The number of hydrogen-bond acceptors (Lipinski definition) is 3. The number of hydrogen-bond donors (Lipinski definition) is 0. The molecule has 0 saturated heterocycles. The molecule has 11 rings (SSSR count). The van der Waals surface area contributed by atoms with Crippen molar-refractivity contribution in [2.45, 2.75) is 0 Å². The Balaban J connectivity index is 1.13. The predicted octanol–water partition coefficient (Wildman–Crippen LogP) is 16.6. The van der Waals surface area contributed by atoms with Crippen LogP contribution < -0.4 is 4.90 Å². The van der Waals surface area contributed by atoms with Crippen molar-refractivity contribution >= 4 is 80.1 Å². The van der Waals surface area contributed by atoms with Crippen LogP contribution in [0.4, 0.5) is 17.1 Å². The first-order valence-electron chi connectivity index (χ1n) is 19.3. The lowest BCUT2D eigenvalue weighted by Gasteiger charge is -2.28. The van der Waals surface area contributed by atoms with Crippen molar-refractivity contribution in [3.05, 3.63) is 212 Å². The van der Waals surface area contributed by atoms with E-state index in [0.717, 1.165) is 11.4 Å². The average Bonchev–Trinajstić information content (AvgIpc) is 3.86. The van der Waals surface area contributed by atoms with E-state index in [0.29, 0.717) is 0 Å². The SMILES string of the molecule is c1ccc(-c2cc(-c3ccc4c(c3)sc3ccccc34)cc(N(c3ccc(-c4ccccc4-c4ccccc4)cc3)c3cccc4c3sc3ccccc34)c2)cc1. The monoisotopic (exact) mass is 761 g/mol. The summed E-state index contributed by atoms with van der Waals surface area (Å²) < 4.78 is 5.19. The smallest absolute Gasteiger partial charge is 0.0640 e. The highest BCUT2D eigenvalue weighted by atomic mass is 32.1. The van der Waals surface area contributed by atoms with Crippen molar-refractivity contribution in [2.24, 2.45) is 0 Å². The van der Waals surface area contributed by atoms with E-state index >= 15 is 0 Å². The van der Waals surface area contributed by atoms with Gasteiger partial charge in [0.25, 0.3) is 0 Å². The molecule has 0 aliphatic carbocycles. The van der Waals surface area contributed by atoms with E-state index in [-0.39, 0.29) is 0 Å². The van der Waals surface area contributed by atoms with E-state index < -0.39 is 0 Å². The molecule has 0 bridgehead atoms. The van der Waals surface area contributed by atoms with E-state index in [1.807, 2.05) is 22.7 Å². The molecule has 3 heteroatoms. The van der Waals surface area contributed by atoms with E-state index in [4.69, 9.17) is 0 Å². The van der Waals surface area contributed by atoms with Crippen LogP contribution in [0.2, 0.25) is 0 Å². The Morgan fingerprint density at radius 3 is 1.53 bits per heavy atom. The molecule has 9 aromatic carbocycles. The van der Waals surface area contributed by atoms with Crippen molar-refractivity contribution in [3.8, 4) is 44.5 Å². The number of fused-ring (bicyclic) bond motifs is 6. The molecule has 0 radical (unpaired) electrons. The second kappa shape index (κ2) is 14.1. The largest absolute Gasteiger partial charge is 0.309 e. The van der Waals surface area contributed by atoms with Gasteiger partial charge in [0.2, 0.25) is 0 Å². The number of nitrogens with zero attached hydrogens (tertiary/aromatic N) is 1. The second-order valence-corrected chi connectivity index (χ2v) is 16.6. The summed E-state index contributed by atoms with van der Waals surface area (Å²) in [4.78, 5) is 2.47. The number of rotatable bonds is 7. The minimum atomic E-state index is 1.11. The standard InChI is InChI=1S/C54H35NS2/c1-3-14-36(15-4-1)40-32-41(39-28-31-48-46-20-9-11-24-51(46)56-53(48)35-39)34-43(33-40)55(50-23-13-22-49-47-21-10-12-25-52(47)57-54(49)50)42-29-26-38(27-30-42)45-19-8-7-18-44(45)37-16-5-2-6-17-37/h1-35H. The Morgan fingerprint density at radius 1 is 0.281 bits per heavy atom. The van der Waals surface area contributed by atoms with Crippen LogP contribution in [0.25, 0.3) is 84.9 Å². The predicted molar refractivity (Wildman–Crippen MR) is 249 cm³/mol. The summed E-state index contributed by atoms with van der Waals surface area (Å²) in [6.07, 6.45) is 0. The van der Waals surface area contributed by atoms with E-state index in [9.17, 15) is 0 Å². The zero-order chi connectivity index (χ0) is 37.7. The molecule has 0 saturated carbocycles. The molecule has 2 aromatic heterocycles. The van der Waals surface area contributed by atoms with Gasteiger partial charge in [-0.15, -0.1) is 22.7 Å². The molecule has 2 heterocycles. The van der Waals surface area contributed by atoms with Gasteiger partial charge in [0.15, 0.2) is 0 Å². The first kappa shape index (κ1) is 33.5. The van der Waals surface area contributed by atoms with Gasteiger partial charge in [-0.05, 0) is 99.1 Å². The van der Waals surface area contributed by atoms with Gasteiger partial charge in [-0.3, -0.25) is 0 Å². The van der Waals surface area contributed by atoms with Crippen LogP contribution in [0.5, 0.6) is 0 Å². The summed E-state index contributed by atoms with van der Waals surface area (Å²) in [6.45, 7) is 0. The Morgan fingerprint density at radius 2 is 0.807 bits per heavy atom. The minimum absolute atomic E-state index is 1.11. The third-order valence-electron chi connectivity index (χ3n) is 11.1. The van der Waals surface area contributed by atoms with Crippen molar-refractivity contribution in [1.82, 2.24) is 0 Å². The molecule has 57 heavy (non-hydrogen) atoms. The van der Waals surface area contributed by atoms with Gasteiger partial charge >= 0.3 is 0 Å². The van der Waals surface area contributed by atoms with Crippen molar-refractivity contribution in [2.75, 3.05) is 4.90 Å². The van der Waals surface area contributed by atoms with Gasteiger partial charge in [0.1, 0.15) is 0 Å². The molecule has 0 aliphatic rings. The summed E-state index contributed by atoms with van der Waals surface area (Å²) in [5.74, 6) is 0. The maximum atomic E-state index is 2.47. The maximum Gasteiger partial charge on any atom is 0.0640 e. The van der Waals surface area contributed by atoms with Crippen LogP contribution in [0.15, 0.2) is 212 Å².